The molecule has 4 heteroatoms. The Hall–Kier alpha value is -2.83. The fourth-order valence-corrected chi connectivity index (χ4v) is 4.26. The van der Waals surface area contributed by atoms with Gasteiger partial charge in [0.15, 0.2) is 5.78 Å². The number of hydrogen-bond acceptors (Lipinski definition) is 3. The van der Waals surface area contributed by atoms with Crippen LogP contribution in [0, 0.1) is 11.3 Å². The Morgan fingerprint density at radius 1 is 1.04 bits per heavy atom. The average Bonchev–Trinajstić information content (AvgIpc) is 2.68. The van der Waals surface area contributed by atoms with Gasteiger partial charge in [-0.2, -0.15) is 5.26 Å². The summed E-state index contributed by atoms with van der Waals surface area (Å²) in [6.45, 7) is 1.90. The minimum Gasteiger partial charge on any atom is -0.361 e. The Balaban J connectivity index is 1.79. The van der Waals surface area contributed by atoms with Crippen LogP contribution in [0.3, 0.4) is 0 Å². The number of hydrogen-bond donors (Lipinski definition) is 1. The van der Waals surface area contributed by atoms with E-state index in [-0.39, 0.29) is 17.6 Å². The molecule has 0 saturated carbocycles. The summed E-state index contributed by atoms with van der Waals surface area (Å²) in [6, 6.07) is 19.9. The number of dihydropyridines is 1. The number of ketones is 1. The minimum absolute atomic E-state index is 0.109. The molecule has 0 aromatic heterocycles. The molecule has 2 aromatic carbocycles. The molecule has 1 aliphatic carbocycles. The largest absolute Gasteiger partial charge is 0.361 e. The minimum atomic E-state index is -0.326. The molecule has 0 saturated heterocycles. The van der Waals surface area contributed by atoms with Crippen molar-refractivity contribution >= 4 is 17.4 Å². The van der Waals surface area contributed by atoms with Crippen LogP contribution in [0.1, 0.15) is 42.7 Å². The maximum Gasteiger partial charge on any atom is 0.162 e. The number of halogens is 1. The van der Waals surface area contributed by atoms with Crippen molar-refractivity contribution in [2.24, 2.45) is 0 Å². The highest BCUT2D eigenvalue weighted by atomic mass is 35.5. The first-order valence-corrected chi connectivity index (χ1v) is 9.41. The van der Waals surface area contributed by atoms with Crippen LogP contribution in [0.5, 0.6) is 0 Å². The smallest absolute Gasteiger partial charge is 0.162 e. The van der Waals surface area contributed by atoms with Gasteiger partial charge in [0.05, 0.1) is 17.6 Å². The van der Waals surface area contributed by atoms with Gasteiger partial charge in [0.1, 0.15) is 0 Å². The van der Waals surface area contributed by atoms with E-state index in [9.17, 15) is 10.1 Å². The average molecular weight is 375 g/mol. The molecular weight excluding hydrogens is 356 g/mol. The SMILES string of the molecule is CC1=C(C#N)[C@H](c2ccc(Cl)cc2)C2=C(C[C@@H](c3ccccc3)CC2=O)N1. The van der Waals surface area contributed by atoms with Gasteiger partial charge in [-0.25, -0.2) is 0 Å². The van der Waals surface area contributed by atoms with E-state index in [0.717, 1.165) is 29.0 Å². The lowest BCUT2D eigenvalue weighted by Crippen LogP contribution is -2.33. The molecule has 0 bridgehead atoms. The lowest BCUT2D eigenvalue weighted by atomic mass is 9.72. The zero-order chi connectivity index (χ0) is 19.0. The molecule has 2 aliphatic rings. The Morgan fingerprint density at radius 2 is 1.74 bits per heavy atom. The third-order valence-electron chi connectivity index (χ3n) is 5.42. The van der Waals surface area contributed by atoms with E-state index in [1.165, 1.54) is 5.56 Å². The number of nitriles is 1. The van der Waals surface area contributed by atoms with E-state index in [1.54, 1.807) is 0 Å². The fourth-order valence-electron chi connectivity index (χ4n) is 4.14. The normalized spacial score (nSPS) is 22.2. The highest BCUT2D eigenvalue weighted by Gasteiger charge is 2.38. The number of benzene rings is 2. The van der Waals surface area contributed by atoms with Gasteiger partial charge in [-0.1, -0.05) is 54.1 Å². The molecule has 1 aliphatic heterocycles. The van der Waals surface area contributed by atoms with Crippen molar-refractivity contribution in [3.8, 4) is 6.07 Å². The lowest BCUT2D eigenvalue weighted by Gasteiger charge is -2.35. The molecular formula is C23H19ClN2O. The first-order valence-electron chi connectivity index (χ1n) is 9.03. The van der Waals surface area contributed by atoms with Crippen molar-refractivity contribution in [1.82, 2.24) is 5.32 Å². The second kappa shape index (κ2) is 7.06. The molecule has 1 heterocycles. The molecule has 0 amide bonds. The van der Waals surface area contributed by atoms with E-state index in [0.29, 0.717) is 17.0 Å². The van der Waals surface area contributed by atoms with E-state index in [1.807, 2.05) is 49.4 Å². The zero-order valence-electron chi connectivity index (χ0n) is 15.0. The Labute approximate surface area is 164 Å². The third kappa shape index (κ3) is 3.18. The predicted octanol–water partition coefficient (Wildman–Crippen LogP) is 5.23. The van der Waals surface area contributed by atoms with Crippen molar-refractivity contribution < 1.29 is 4.79 Å². The molecule has 134 valence electrons. The van der Waals surface area contributed by atoms with Gasteiger partial charge < -0.3 is 5.32 Å². The molecule has 4 rings (SSSR count). The molecule has 2 atom stereocenters. The van der Waals surface area contributed by atoms with Crippen molar-refractivity contribution in [1.29, 1.82) is 5.26 Å². The topological polar surface area (TPSA) is 52.9 Å². The van der Waals surface area contributed by atoms with Crippen LogP contribution < -0.4 is 5.32 Å². The summed E-state index contributed by atoms with van der Waals surface area (Å²) >= 11 is 6.03. The van der Waals surface area contributed by atoms with Crippen LogP contribution in [-0.4, -0.2) is 5.78 Å². The number of carbonyl (C=O) groups is 1. The summed E-state index contributed by atoms with van der Waals surface area (Å²) in [6.07, 6.45) is 1.23. The molecule has 0 unspecified atom stereocenters. The van der Waals surface area contributed by atoms with Crippen molar-refractivity contribution in [3.63, 3.8) is 0 Å². The van der Waals surface area contributed by atoms with Crippen LogP contribution in [0.2, 0.25) is 5.02 Å². The molecule has 0 spiro atoms. The highest BCUT2D eigenvalue weighted by molar-refractivity contribution is 6.30. The lowest BCUT2D eigenvalue weighted by molar-refractivity contribution is -0.116. The van der Waals surface area contributed by atoms with Crippen LogP contribution in [0.25, 0.3) is 0 Å². The zero-order valence-corrected chi connectivity index (χ0v) is 15.8. The van der Waals surface area contributed by atoms with Gasteiger partial charge in [-0.15, -0.1) is 0 Å². The van der Waals surface area contributed by atoms with E-state index in [2.05, 4.69) is 23.5 Å². The number of nitrogens with zero attached hydrogens (tertiary/aromatic N) is 1. The third-order valence-corrected chi connectivity index (χ3v) is 5.67. The first kappa shape index (κ1) is 17.6. The number of carbonyl (C=O) groups excluding carboxylic acids is 1. The predicted molar refractivity (Wildman–Crippen MR) is 106 cm³/mol. The summed E-state index contributed by atoms with van der Waals surface area (Å²) in [4.78, 5) is 13.2. The van der Waals surface area contributed by atoms with Gasteiger partial charge in [-0.3, -0.25) is 4.79 Å². The summed E-state index contributed by atoms with van der Waals surface area (Å²) in [5.74, 6) is -0.0576. The first-order chi connectivity index (χ1) is 13.1. The van der Waals surface area contributed by atoms with Crippen molar-refractivity contribution in [2.75, 3.05) is 0 Å². The fraction of sp³-hybridized carbons (Fsp3) is 0.217. The second-order valence-corrected chi connectivity index (χ2v) is 7.53. The van der Waals surface area contributed by atoms with E-state index >= 15 is 0 Å². The van der Waals surface area contributed by atoms with Crippen LogP contribution in [0.15, 0.2) is 77.1 Å². The summed E-state index contributed by atoms with van der Waals surface area (Å²) < 4.78 is 0. The molecule has 0 fully saturated rings. The number of nitrogens with one attached hydrogen (secondary N) is 1. The Kier molecular flexibility index (Phi) is 4.59. The van der Waals surface area contributed by atoms with Gasteiger partial charge in [0.25, 0.3) is 0 Å². The maximum absolute atomic E-state index is 13.2. The molecule has 2 aromatic rings. The Bertz CT molecular complexity index is 997. The van der Waals surface area contributed by atoms with E-state index < -0.39 is 0 Å². The van der Waals surface area contributed by atoms with Crippen molar-refractivity contribution in [2.45, 2.75) is 31.6 Å². The second-order valence-electron chi connectivity index (χ2n) is 7.09. The van der Waals surface area contributed by atoms with Gasteiger partial charge in [0.2, 0.25) is 0 Å². The summed E-state index contributed by atoms with van der Waals surface area (Å²) in [5.41, 5.74) is 5.19. The molecule has 0 radical (unpaired) electrons. The number of allylic oxidation sites excluding steroid dienone is 4. The van der Waals surface area contributed by atoms with Gasteiger partial charge in [-0.05, 0) is 42.5 Å². The molecule has 27 heavy (non-hydrogen) atoms. The molecule has 1 N–H and O–H groups in total. The van der Waals surface area contributed by atoms with Gasteiger partial charge in [0, 0.05) is 28.4 Å². The van der Waals surface area contributed by atoms with Crippen LogP contribution >= 0.6 is 11.6 Å². The quantitative estimate of drug-likeness (QED) is 0.783. The Morgan fingerprint density at radius 3 is 2.41 bits per heavy atom. The number of Topliss-reactive ketones (excluding diaryl/α,β-unsaturated/α-hetero) is 1. The number of rotatable bonds is 2. The highest BCUT2D eigenvalue weighted by Crippen LogP contribution is 2.45. The summed E-state index contributed by atoms with van der Waals surface area (Å²) in [5, 5.41) is 13.7. The summed E-state index contributed by atoms with van der Waals surface area (Å²) in [7, 11) is 0. The monoisotopic (exact) mass is 374 g/mol. The van der Waals surface area contributed by atoms with Crippen LogP contribution in [0.4, 0.5) is 0 Å². The van der Waals surface area contributed by atoms with E-state index in [4.69, 9.17) is 11.6 Å². The molecule has 3 nitrogen and oxygen atoms in total. The standard InChI is InChI=1S/C23H19ClN2O/c1-14-19(13-25)22(16-7-9-18(24)10-8-16)23-20(26-14)11-17(12-21(23)27)15-5-3-2-4-6-15/h2-10,17,22,26H,11-12H2,1H3/t17-,22+/m1/s1. The maximum atomic E-state index is 13.2. The van der Waals surface area contributed by atoms with Crippen LogP contribution in [-0.2, 0) is 4.79 Å². The van der Waals surface area contributed by atoms with Gasteiger partial charge >= 0.3 is 0 Å². The van der Waals surface area contributed by atoms with Crippen molar-refractivity contribution in [3.05, 3.63) is 93.3 Å².